The van der Waals surface area contributed by atoms with E-state index >= 15 is 0 Å². The van der Waals surface area contributed by atoms with Gasteiger partial charge in [0.1, 0.15) is 11.2 Å². The molecule has 3 heterocycles. The van der Waals surface area contributed by atoms with Gasteiger partial charge in [0.25, 0.3) is 0 Å². The van der Waals surface area contributed by atoms with Crippen molar-refractivity contribution in [1.29, 1.82) is 0 Å². The summed E-state index contributed by atoms with van der Waals surface area (Å²) in [6.07, 6.45) is 0. The molecule has 0 aliphatic rings. The Morgan fingerprint density at radius 2 is 1.06 bits per heavy atom. The third-order valence-electron chi connectivity index (χ3n) is 6.94. The molecule has 0 amide bonds. The Hall–Kier alpha value is -4.50. The van der Waals surface area contributed by atoms with Crippen molar-refractivity contribution in [3.05, 3.63) is 97.1 Å². The lowest BCUT2D eigenvalue weighted by atomic mass is 9.99. The summed E-state index contributed by atoms with van der Waals surface area (Å²) in [4.78, 5) is 7.13. The van der Waals surface area contributed by atoms with Crippen molar-refractivity contribution in [2.75, 3.05) is 0 Å². The van der Waals surface area contributed by atoms with Crippen LogP contribution in [0.2, 0.25) is 0 Å². The van der Waals surface area contributed by atoms with Gasteiger partial charge in [-0.2, -0.15) is 0 Å². The fourth-order valence-corrected chi connectivity index (χ4v) is 5.41. The van der Waals surface area contributed by atoms with E-state index in [9.17, 15) is 0 Å². The lowest BCUT2D eigenvalue weighted by Gasteiger charge is -2.04. The zero-order chi connectivity index (χ0) is 21.5. The second-order valence-corrected chi connectivity index (χ2v) is 8.78. The molecular weight excluding hydrogens is 404 g/mol. The van der Waals surface area contributed by atoms with Gasteiger partial charge in [0, 0.05) is 54.4 Å². The molecule has 0 unspecified atom stereocenters. The Morgan fingerprint density at radius 3 is 1.94 bits per heavy atom. The lowest BCUT2D eigenvalue weighted by molar-refractivity contribution is 0.669. The first-order chi connectivity index (χ1) is 16.3. The smallest absolute Gasteiger partial charge is 0.136 e. The van der Waals surface area contributed by atoms with Gasteiger partial charge in [-0.15, -0.1) is 0 Å². The van der Waals surface area contributed by atoms with Gasteiger partial charge in [-0.1, -0.05) is 48.5 Å². The van der Waals surface area contributed by atoms with Crippen LogP contribution in [0.25, 0.3) is 76.7 Å². The number of aromatic amines is 2. The summed E-state index contributed by atoms with van der Waals surface area (Å²) in [5.74, 6) is 0. The Labute approximate surface area is 188 Å². The molecule has 0 radical (unpaired) electrons. The fraction of sp³-hybridized carbons (Fsp3) is 0. The van der Waals surface area contributed by atoms with Gasteiger partial charge in [-0.25, -0.2) is 0 Å². The molecule has 2 N–H and O–H groups in total. The van der Waals surface area contributed by atoms with Crippen molar-refractivity contribution in [3.63, 3.8) is 0 Å². The molecule has 0 aliphatic carbocycles. The quantitative estimate of drug-likeness (QED) is 0.273. The van der Waals surface area contributed by atoms with Crippen molar-refractivity contribution in [2.45, 2.75) is 0 Å². The van der Waals surface area contributed by atoms with E-state index in [2.05, 4.69) is 94.9 Å². The van der Waals surface area contributed by atoms with Crippen LogP contribution in [-0.4, -0.2) is 9.97 Å². The molecule has 0 fully saturated rings. The van der Waals surface area contributed by atoms with Crippen LogP contribution in [0.5, 0.6) is 0 Å². The summed E-state index contributed by atoms with van der Waals surface area (Å²) in [5, 5.41) is 7.30. The topological polar surface area (TPSA) is 44.7 Å². The molecule has 8 aromatic rings. The average molecular weight is 422 g/mol. The maximum absolute atomic E-state index is 6.16. The Bertz CT molecular complexity index is 2030. The van der Waals surface area contributed by atoms with Gasteiger partial charge < -0.3 is 14.4 Å². The van der Waals surface area contributed by atoms with E-state index in [4.69, 9.17) is 4.42 Å². The van der Waals surface area contributed by atoms with E-state index in [1.807, 2.05) is 12.1 Å². The van der Waals surface area contributed by atoms with E-state index in [0.29, 0.717) is 0 Å². The molecule has 0 saturated heterocycles. The first-order valence-corrected chi connectivity index (χ1v) is 11.2. The van der Waals surface area contributed by atoms with Crippen LogP contribution in [-0.2, 0) is 0 Å². The van der Waals surface area contributed by atoms with Crippen molar-refractivity contribution in [1.82, 2.24) is 9.97 Å². The Morgan fingerprint density at radius 1 is 0.424 bits per heavy atom. The number of nitrogens with one attached hydrogen (secondary N) is 2. The maximum Gasteiger partial charge on any atom is 0.136 e. The molecule has 3 heteroatoms. The summed E-state index contributed by atoms with van der Waals surface area (Å²) in [7, 11) is 0. The predicted octanol–water partition coefficient (Wildman–Crippen LogP) is 8.52. The van der Waals surface area contributed by atoms with Gasteiger partial charge >= 0.3 is 0 Å². The first kappa shape index (κ1) is 17.1. The molecule has 154 valence electrons. The van der Waals surface area contributed by atoms with Gasteiger partial charge in [-0.05, 0) is 59.7 Å². The number of para-hydroxylation sites is 2. The molecular formula is C30H18N2O. The number of aromatic nitrogens is 2. The normalized spacial score (nSPS) is 12.2. The SMILES string of the molecule is c1ccc2c(c1)[nH]c1ccc(-c3ccc4[nH]c5ccc6oc7ccccc7c6c5c4c3)cc12. The third-order valence-corrected chi connectivity index (χ3v) is 6.94. The second-order valence-electron chi connectivity index (χ2n) is 8.78. The summed E-state index contributed by atoms with van der Waals surface area (Å²) in [6, 6.07) is 34.4. The average Bonchev–Trinajstić information content (AvgIpc) is 3.53. The van der Waals surface area contributed by atoms with Crippen molar-refractivity contribution < 1.29 is 4.42 Å². The third kappa shape index (κ3) is 2.28. The van der Waals surface area contributed by atoms with Crippen molar-refractivity contribution in [3.8, 4) is 11.1 Å². The summed E-state index contributed by atoms with van der Waals surface area (Å²) in [6.45, 7) is 0. The number of rotatable bonds is 1. The summed E-state index contributed by atoms with van der Waals surface area (Å²) >= 11 is 0. The summed E-state index contributed by atoms with van der Waals surface area (Å²) < 4.78 is 6.16. The van der Waals surface area contributed by atoms with Gasteiger partial charge in [0.05, 0.1) is 0 Å². The number of hydrogen-bond donors (Lipinski definition) is 2. The van der Waals surface area contributed by atoms with E-state index in [0.717, 1.165) is 27.6 Å². The molecule has 3 nitrogen and oxygen atoms in total. The molecule has 33 heavy (non-hydrogen) atoms. The Kier molecular flexibility index (Phi) is 3.14. The number of benzene rings is 5. The fourth-order valence-electron chi connectivity index (χ4n) is 5.41. The van der Waals surface area contributed by atoms with Crippen molar-refractivity contribution >= 4 is 65.6 Å². The molecule has 5 aromatic carbocycles. The number of furan rings is 1. The zero-order valence-corrected chi connectivity index (χ0v) is 17.6. The lowest BCUT2D eigenvalue weighted by Crippen LogP contribution is -1.79. The predicted molar refractivity (Wildman–Crippen MR) is 138 cm³/mol. The highest BCUT2D eigenvalue weighted by molar-refractivity contribution is 6.27. The first-order valence-electron chi connectivity index (χ1n) is 11.2. The van der Waals surface area contributed by atoms with Gasteiger partial charge in [0.2, 0.25) is 0 Å². The van der Waals surface area contributed by atoms with Gasteiger partial charge in [0.15, 0.2) is 0 Å². The van der Waals surface area contributed by atoms with Gasteiger partial charge in [-0.3, -0.25) is 0 Å². The zero-order valence-electron chi connectivity index (χ0n) is 17.6. The van der Waals surface area contributed by atoms with E-state index in [1.165, 1.54) is 49.1 Å². The molecule has 0 bridgehead atoms. The molecule has 3 aromatic heterocycles. The van der Waals surface area contributed by atoms with E-state index in [-0.39, 0.29) is 0 Å². The number of H-pyrrole nitrogens is 2. The highest BCUT2D eigenvalue weighted by Gasteiger charge is 2.15. The van der Waals surface area contributed by atoms with Crippen LogP contribution in [0.4, 0.5) is 0 Å². The standard InChI is InChI=1S/C30H18N2O/c1-3-7-23-19(5-1)21-15-17(9-11-24(21)31-23)18-10-12-25-22(16-18)29-26(32-25)13-14-28-30(29)20-6-2-4-8-27(20)33-28/h1-16,31-32H. The summed E-state index contributed by atoms with van der Waals surface area (Å²) in [5.41, 5.74) is 8.89. The van der Waals surface area contributed by atoms with Crippen LogP contribution in [0.15, 0.2) is 101 Å². The number of hydrogen-bond acceptors (Lipinski definition) is 1. The minimum Gasteiger partial charge on any atom is -0.456 e. The maximum atomic E-state index is 6.16. The number of fused-ring (bicyclic) bond motifs is 10. The van der Waals surface area contributed by atoms with E-state index in [1.54, 1.807) is 0 Å². The van der Waals surface area contributed by atoms with Crippen LogP contribution in [0.1, 0.15) is 0 Å². The van der Waals surface area contributed by atoms with Crippen molar-refractivity contribution in [2.24, 2.45) is 0 Å². The highest BCUT2D eigenvalue weighted by atomic mass is 16.3. The molecule has 0 saturated carbocycles. The monoisotopic (exact) mass is 422 g/mol. The molecule has 0 atom stereocenters. The van der Waals surface area contributed by atoms with Crippen LogP contribution < -0.4 is 0 Å². The van der Waals surface area contributed by atoms with Crippen LogP contribution >= 0.6 is 0 Å². The van der Waals surface area contributed by atoms with Crippen LogP contribution in [0, 0.1) is 0 Å². The van der Waals surface area contributed by atoms with Crippen LogP contribution in [0.3, 0.4) is 0 Å². The molecule has 8 rings (SSSR count). The minimum absolute atomic E-state index is 0.926. The second kappa shape index (κ2) is 6.05. The Balaban J connectivity index is 1.44. The largest absolute Gasteiger partial charge is 0.456 e. The molecule has 0 spiro atoms. The molecule has 0 aliphatic heterocycles. The highest BCUT2D eigenvalue weighted by Crippen LogP contribution is 2.40. The van der Waals surface area contributed by atoms with E-state index < -0.39 is 0 Å². The minimum atomic E-state index is 0.926.